The third-order valence-corrected chi connectivity index (χ3v) is 18.3. The second-order valence-electron chi connectivity index (χ2n) is 23.1. The van der Waals surface area contributed by atoms with Crippen LogP contribution in [-0.4, -0.2) is 134 Å². The SMILES string of the molecule is CC(C)n1cnc2cc(-c3ccc4c(c3)N(C3CC(N5CCCCC5)C3)C(=O)C43CCN(C(=O)C4(C)CCN(C(=O)C5CCN(c6ccc([C@H]7CCC(=O)NC7=O)nc6)CC5)CC4)CC3)nc(NC3CC3)c21. The minimum atomic E-state index is -0.686. The van der Waals surface area contributed by atoms with Crippen molar-refractivity contribution in [2.75, 3.05) is 67.5 Å². The van der Waals surface area contributed by atoms with E-state index < -0.39 is 16.7 Å². The number of imidazole rings is 1. The van der Waals surface area contributed by atoms with Gasteiger partial charge in [-0.1, -0.05) is 25.5 Å². The summed E-state index contributed by atoms with van der Waals surface area (Å²) >= 11 is 0. The zero-order valence-corrected chi connectivity index (χ0v) is 42.4. The third kappa shape index (κ3) is 8.42. The first-order valence-corrected chi connectivity index (χ1v) is 27.4. The molecule has 3 aromatic heterocycles. The van der Waals surface area contributed by atoms with Crippen molar-refractivity contribution in [2.45, 2.75) is 153 Å². The number of pyridine rings is 2. The van der Waals surface area contributed by atoms with Gasteiger partial charge >= 0.3 is 0 Å². The summed E-state index contributed by atoms with van der Waals surface area (Å²) < 4.78 is 2.20. The van der Waals surface area contributed by atoms with E-state index in [4.69, 9.17) is 9.97 Å². The normalized spacial score (nSPS) is 25.8. The fourth-order valence-corrected chi connectivity index (χ4v) is 13.4. The maximum Gasteiger partial charge on any atom is 0.238 e. The molecule has 1 spiro atoms. The summed E-state index contributed by atoms with van der Waals surface area (Å²) in [5, 5.41) is 6.12. The Balaban J connectivity index is 0.705. The van der Waals surface area contributed by atoms with E-state index in [2.05, 4.69) is 79.9 Å². The number of benzene rings is 1. The molecule has 7 fully saturated rings. The highest BCUT2D eigenvalue weighted by molar-refractivity contribution is 6.09. The Hall–Kier alpha value is -5.90. The van der Waals surface area contributed by atoms with E-state index in [9.17, 15) is 19.2 Å². The molecule has 9 heterocycles. The van der Waals surface area contributed by atoms with Crippen LogP contribution in [0.3, 0.4) is 0 Å². The molecule has 5 amide bonds. The second-order valence-corrected chi connectivity index (χ2v) is 23.1. The molecule has 0 bridgehead atoms. The summed E-state index contributed by atoms with van der Waals surface area (Å²) in [5.41, 5.74) is 6.27. The number of imide groups is 1. The van der Waals surface area contributed by atoms with Crippen molar-refractivity contribution in [1.29, 1.82) is 0 Å². The fraction of sp³-hybridized carbons (Fsp3) is 0.607. The van der Waals surface area contributed by atoms with Crippen molar-refractivity contribution < 1.29 is 24.0 Å². The largest absolute Gasteiger partial charge is 0.370 e. The number of carbonyl (C=O) groups is 5. The lowest BCUT2D eigenvalue weighted by Crippen LogP contribution is -2.59. The summed E-state index contributed by atoms with van der Waals surface area (Å²) in [6, 6.07) is 13.9. The Bertz CT molecular complexity index is 2770. The van der Waals surface area contributed by atoms with E-state index in [0.717, 1.165) is 110 Å². The number of rotatable bonds is 10. The topological polar surface area (TPSA) is 169 Å². The number of nitrogens with zero attached hydrogens (tertiary/aromatic N) is 9. The minimum absolute atomic E-state index is 0.0651. The first-order valence-electron chi connectivity index (χ1n) is 27.4. The van der Waals surface area contributed by atoms with Gasteiger partial charge in [0.15, 0.2) is 5.82 Å². The van der Waals surface area contributed by atoms with Crippen molar-refractivity contribution in [3.63, 3.8) is 0 Å². The number of hydrogen-bond acceptors (Lipinski definition) is 11. The highest BCUT2D eigenvalue weighted by Gasteiger charge is 2.56. The van der Waals surface area contributed by atoms with Crippen molar-refractivity contribution in [1.82, 2.24) is 39.5 Å². The molecule has 1 atom stereocenters. The van der Waals surface area contributed by atoms with Crippen molar-refractivity contribution in [3.05, 3.63) is 60.2 Å². The fourth-order valence-electron chi connectivity index (χ4n) is 13.4. The number of nitrogens with one attached hydrogen (secondary N) is 2. The molecule has 4 aromatic rings. The van der Waals surface area contributed by atoms with Crippen LogP contribution in [0.4, 0.5) is 17.2 Å². The standard InChI is InChI=1S/C56H71N11O5/c1-35(2)66-34-58-46-32-45(60-50(49(46)66)59-38-8-9-38)37-7-12-43-47(29-37)67(41-30-40(31-41)62-21-5-4-6-22-62)54(72)56(43)19-27-65(28-20-56)53(71)55(3)17-25-64(26-18-55)52(70)36-15-23-63(24-16-36)39-10-13-44(57-33-39)42-11-14-48(68)61-51(42)69/h7,10,12-13,29,32-36,38,40-42H,4-6,8-9,11,14-28,30-31H2,1-3H3,(H,59,60)(H,61,68,69)/t40?,41?,42-/m1/s1. The number of piperidine rings is 5. The maximum absolute atomic E-state index is 15.3. The summed E-state index contributed by atoms with van der Waals surface area (Å²) in [6.45, 7) is 12.4. The molecule has 0 unspecified atom stereocenters. The van der Waals surface area contributed by atoms with E-state index in [1.165, 1.54) is 19.3 Å². The predicted octanol–water partition coefficient (Wildman–Crippen LogP) is 6.94. The van der Waals surface area contributed by atoms with Gasteiger partial charge in [0, 0.05) is 92.4 Å². The van der Waals surface area contributed by atoms with Gasteiger partial charge in [0.2, 0.25) is 29.5 Å². The third-order valence-electron chi connectivity index (χ3n) is 18.3. The van der Waals surface area contributed by atoms with Gasteiger partial charge in [0.1, 0.15) is 5.52 Å². The quantitative estimate of drug-likeness (QED) is 0.158. The molecule has 6 aliphatic heterocycles. The van der Waals surface area contributed by atoms with E-state index in [-0.39, 0.29) is 47.5 Å². The Morgan fingerprint density at radius 3 is 2.21 bits per heavy atom. The zero-order chi connectivity index (χ0) is 49.5. The van der Waals surface area contributed by atoms with Gasteiger partial charge in [-0.3, -0.25) is 34.3 Å². The van der Waals surface area contributed by atoms with Crippen LogP contribution in [0.2, 0.25) is 0 Å². The summed E-state index contributed by atoms with van der Waals surface area (Å²) in [4.78, 5) is 93.6. The molecular weight excluding hydrogens is 907 g/mol. The number of aromatic nitrogens is 4. The van der Waals surface area contributed by atoms with Gasteiger partial charge in [-0.15, -0.1) is 0 Å². The van der Waals surface area contributed by atoms with Crippen LogP contribution >= 0.6 is 0 Å². The van der Waals surface area contributed by atoms with E-state index in [0.29, 0.717) is 82.5 Å². The Morgan fingerprint density at radius 2 is 1.53 bits per heavy atom. The van der Waals surface area contributed by atoms with Gasteiger partial charge in [0.05, 0.1) is 46.4 Å². The van der Waals surface area contributed by atoms with Gasteiger partial charge in [-0.2, -0.15) is 0 Å². The molecule has 12 rings (SSSR count). The predicted molar refractivity (Wildman–Crippen MR) is 275 cm³/mol. The maximum atomic E-state index is 15.3. The summed E-state index contributed by atoms with van der Waals surface area (Å²) in [5.74, 6) is 0.393. The molecule has 2 N–H and O–H groups in total. The first-order chi connectivity index (χ1) is 34.9. The average molecular weight is 978 g/mol. The lowest BCUT2D eigenvalue weighted by atomic mass is 9.72. The molecule has 72 heavy (non-hydrogen) atoms. The summed E-state index contributed by atoms with van der Waals surface area (Å²) in [7, 11) is 0. The van der Waals surface area contributed by atoms with Crippen LogP contribution in [0.1, 0.15) is 140 Å². The van der Waals surface area contributed by atoms with Gasteiger partial charge in [0.25, 0.3) is 0 Å². The Morgan fingerprint density at radius 1 is 0.792 bits per heavy atom. The average Bonchev–Trinajstić information content (AvgIpc) is 4.05. The number of amides is 5. The number of likely N-dealkylation sites (tertiary alicyclic amines) is 3. The highest BCUT2D eigenvalue weighted by atomic mass is 16.2. The molecule has 2 aliphatic carbocycles. The number of carbonyl (C=O) groups excluding carboxylic acids is 5. The molecule has 2 saturated carbocycles. The van der Waals surface area contributed by atoms with Crippen LogP contribution in [-0.2, 0) is 29.4 Å². The second kappa shape index (κ2) is 18.5. The van der Waals surface area contributed by atoms with Crippen molar-refractivity contribution >= 4 is 57.8 Å². The molecular formula is C56H71N11O5. The van der Waals surface area contributed by atoms with Crippen LogP contribution in [0.5, 0.6) is 0 Å². The van der Waals surface area contributed by atoms with Gasteiger partial charge < -0.3 is 34.4 Å². The lowest BCUT2D eigenvalue weighted by Gasteiger charge is -2.48. The number of hydrogen-bond donors (Lipinski definition) is 2. The highest BCUT2D eigenvalue weighted by Crippen LogP contribution is 2.53. The van der Waals surface area contributed by atoms with Gasteiger partial charge in [-0.25, -0.2) is 9.97 Å². The monoisotopic (exact) mass is 978 g/mol. The van der Waals surface area contributed by atoms with Crippen LogP contribution in [0, 0.1) is 11.3 Å². The molecule has 380 valence electrons. The van der Waals surface area contributed by atoms with Crippen LogP contribution in [0.15, 0.2) is 48.9 Å². The van der Waals surface area contributed by atoms with Crippen molar-refractivity contribution in [3.8, 4) is 11.3 Å². The number of anilines is 3. The number of fused-ring (bicyclic) bond motifs is 3. The minimum Gasteiger partial charge on any atom is -0.370 e. The van der Waals surface area contributed by atoms with Crippen LogP contribution in [0.25, 0.3) is 22.3 Å². The first kappa shape index (κ1) is 47.1. The summed E-state index contributed by atoms with van der Waals surface area (Å²) in [6.07, 6.45) is 16.5. The van der Waals surface area contributed by atoms with E-state index >= 15 is 4.79 Å². The smallest absolute Gasteiger partial charge is 0.238 e. The molecule has 8 aliphatic rings. The molecule has 5 saturated heterocycles. The molecule has 0 radical (unpaired) electrons. The van der Waals surface area contributed by atoms with Crippen LogP contribution < -0.4 is 20.4 Å². The molecule has 16 heteroatoms. The van der Waals surface area contributed by atoms with Crippen molar-refractivity contribution in [2.24, 2.45) is 11.3 Å². The Labute approximate surface area is 422 Å². The molecule has 1 aromatic carbocycles. The molecule has 16 nitrogen and oxygen atoms in total. The lowest BCUT2D eigenvalue weighted by molar-refractivity contribution is -0.150. The Kier molecular flexibility index (Phi) is 12.1. The van der Waals surface area contributed by atoms with E-state index in [1.807, 2.05) is 28.3 Å². The van der Waals surface area contributed by atoms with E-state index in [1.54, 1.807) is 6.20 Å². The van der Waals surface area contributed by atoms with Gasteiger partial charge in [-0.05, 0) is 140 Å². The zero-order valence-electron chi connectivity index (χ0n) is 42.4.